The number of carbonyl (C=O) groups excluding carboxylic acids is 1. The zero-order valence-corrected chi connectivity index (χ0v) is 12.3. The number of hydrogen-bond donors (Lipinski definition) is 1. The summed E-state index contributed by atoms with van der Waals surface area (Å²) < 4.78 is 5.74. The van der Waals surface area contributed by atoms with E-state index in [0.717, 1.165) is 12.8 Å². The molecule has 0 aromatic heterocycles. The molecule has 2 atom stereocenters. The lowest BCUT2D eigenvalue weighted by Gasteiger charge is -2.32. The molecule has 0 aliphatic carbocycles. The molecule has 1 amide bonds. The quantitative estimate of drug-likeness (QED) is 0.803. The fraction of sp³-hybridized carbons (Fsp3) is 0.438. The van der Waals surface area contributed by atoms with E-state index < -0.39 is 0 Å². The van der Waals surface area contributed by atoms with Gasteiger partial charge in [-0.3, -0.25) is 4.79 Å². The molecule has 21 heavy (non-hydrogen) atoms. The first-order valence-electron chi connectivity index (χ1n) is 7.01. The number of hydrogen-bond acceptors (Lipinski definition) is 3. The first-order chi connectivity index (χ1) is 10.2. The molecule has 0 saturated carbocycles. The number of aliphatic hydroxyl groups excluding tert-OH is 1. The molecule has 2 saturated heterocycles. The van der Waals surface area contributed by atoms with Crippen molar-refractivity contribution in [2.45, 2.75) is 25.0 Å². The van der Waals surface area contributed by atoms with Crippen LogP contribution in [0.2, 0.25) is 5.02 Å². The van der Waals surface area contributed by atoms with Gasteiger partial charge in [-0.2, -0.15) is 0 Å². The predicted molar refractivity (Wildman–Crippen MR) is 79.2 cm³/mol. The van der Waals surface area contributed by atoms with Gasteiger partial charge in [-0.25, -0.2) is 0 Å². The van der Waals surface area contributed by atoms with Crippen molar-refractivity contribution in [1.82, 2.24) is 4.90 Å². The highest BCUT2D eigenvalue weighted by molar-refractivity contribution is 6.32. The number of amides is 1. The van der Waals surface area contributed by atoms with E-state index in [1.54, 1.807) is 18.2 Å². The SMILES string of the molecule is O=C(c1ccc(C#CCO)c(Cl)c1)N1CC2CCC(C1)O2. The number of fused-ring (bicyclic) bond motifs is 2. The third-order valence-electron chi connectivity index (χ3n) is 3.85. The van der Waals surface area contributed by atoms with E-state index in [1.807, 2.05) is 4.90 Å². The minimum absolute atomic E-state index is 0.0150. The smallest absolute Gasteiger partial charge is 0.254 e. The molecule has 2 unspecified atom stereocenters. The van der Waals surface area contributed by atoms with Gasteiger partial charge in [0.1, 0.15) is 6.61 Å². The number of aliphatic hydroxyl groups is 1. The summed E-state index contributed by atoms with van der Waals surface area (Å²) in [6, 6.07) is 5.09. The molecule has 3 rings (SSSR count). The Hall–Kier alpha value is -1.54. The average molecular weight is 306 g/mol. The predicted octanol–water partition coefficient (Wildman–Crippen LogP) is 1.69. The molecular formula is C16H16ClNO3. The first-order valence-corrected chi connectivity index (χ1v) is 7.39. The highest BCUT2D eigenvalue weighted by atomic mass is 35.5. The lowest BCUT2D eigenvalue weighted by Crippen LogP contribution is -2.45. The first kappa shape index (κ1) is 14.4. The molecule has 1 aromatic rings. The molecule has 2 aliphatic rings. The minimum atomic E-state index is -0.215. The molecule has 2 fully saturated rings. The van der Waals surface area contributed by atoms with E-state index >= 15 is 0 Å². The van der Waals surface area contributed by atoms with Crippen molar-refractivity contribution < 1.29 is 14.6 Å². The zero-order chi connectivity index (χ0) is 14.8. The van der Waals surface area contributed by atoms with Gasteiger partial charge in [0.05, 0.1) is 17.2 Å². The molecule has 110 valence electrons. The maximum atomic E-state index is 12.5. The van der Waals surface area contributed by atoms with Crippen molar-refractivity contribution >= 4 is 17.5 Å². The van der Waals surface area contributed by atoms with Crippen LogP contribution >= 0.6 is 11.6 Å². The average Bonchev–Trinajstić information content (AvgIpc) is 2.83. The molecule has 4 nitrogen and oxygen atoms in total. The van der Waals surface area contributed by atoms with Gasteiger partial charge in [0.15, 0.2) is 0 Å². The fourth-order valence-electron chi connectivity index (χ4n) is 2.85. The van der Waals surface area contributed by atoms with Crippen molar-refractivity contribution in [3.05, 3.63) is 34.3 Å². The van der Waals surface area contributed by atoms with E-state index in [9.17, 15) is 4.79 Å². The van der Waals surface area contributed by atoms with Crippen LogP contribution < -0.4 is 0 Å². The van der Waals surface area contributed by atoms with Crippen LogP contribution in [0, 0.1) is 11.8 Å². The van der Waals surface area contributed by atoms with Gasteiger partial charge < -0.3 is 14.7 Å². The summed E-state index contributed by atoms with van der Waals surface area (Å²) in [5, 5.41) is 9.13. The third-order valence-corrected chi connectivity index (χ3v) is 4.16. The Morgan fingerprint density at radius 2 is 2.10 bits per heavy atom. The van der Waals surface area contributed by atoms with Crippen LogP contribution in [-0.4, -0.2) is 47.8 Å². The molecule has 0 spiro atoms. The molecule has 0 radical (unpaired) electrons. The highest BCUT2D eigenvalue weighted by Crippen LogP contribution is 2.27. The van der Waals surface area contributed by atoms with Crippen LogP contribution in [0.3, 0.4) is 0 Å². The van der Waals surface area contributed by atoms with Crippen molar-refractivity contribution in [2.24, 2.45) is 0 Å². The summed E-state index contributed by atoms with van der Waals surface area (Å²) in [6.07, 6.45) is 2.42. The Bertz CT molecular complexity index is 608. The molecular weight excluding hydrogens is 290 g/mol. The van der Waals surface area contributed by atoms with Crippen molar-refractivity contribution in [2.75, 3.05) is 19.7 Å². The summed E-state index contributed by atoms with van der Waals surface area (Å²) in [4.78, 5) is 14.4. The normalized spacial score (nSPS) is 23.6. The number of nitrogens with zero attached hydrogens (tertiary/aromatic N) is 1. The largest absolute Gasteiger partial charge is 0.384 e. The molecule has 2 bridgehead atoms. The maximum absolute atomic E-state index is 12.5. The third kappa shape index (κ3) is 3.06. The maximum Gasteiger partial charge on any atom is 0.254 e. The summed E-state index contributed by atoms with van der Waals surface area (Å²) in [5.41, 5.74) is 1.18. The second-order valence-corrected chi connectivity index (χ2v) is 5.73. The summed E-state index contributed by atoms with van der Waals surface area (Å²) in [5.74, 6) is 5.29. The Kier molecular flexibility index (Phi) is 4.16. The van der Waals surface area contributed by atoms with Gasteiger partial charge in [0.2, 0.25) is 0 Å². The van der Waals surface area contributed by atoms with Crippen LogP contribution in [0.4, 0.5) is 0 Å². The number of rotatable bonds is 1. The number of morpholine rings is 1. The number of halogens is 1. The number of carbonyl (C=O) groups is 1. The lowest BCUT2D eigenvalue weighted by molar-refractivity contribution is -0.0303. The standard InChI is InChI=1S/C16H16ClNO3/c17-15-8-12(4-3-11(15)2-1-7-19)16(20)18-9-13-5-6-14(10-18)21-13/h3-4,8,13-14,19H,5-7,9-10H2. The Morgan fingerprint density at radius 1 is 1.38 bits per heavy atom. The van der Waals surface area contributed by atoms with E-state index in [0.29, 0.717) is 29.2 Å². The van der Waals surface area contributed by atoms with Crippen LogP contribution in [0.5, 0.6) is 0 Å². The Morgan fingerprint density at radius 3 is 2.71 bits per heavy atom. The second-order valence-electron chi connectivity index (χ2n) is 5.32. The van der Waals surface area contributed by atoms with Crippen LogP contribution in [0.1, 0.15) is 28.8 Å². The van der Waals surface area contributed by atoms with Gasteiger partial charge in [-0.15, -0.1) is 0 Å². The number of likely N-dealkylation sites (tertiary alicyclic amines) is 1. The molecule has 2 heterocycles. The Labute approximate surface area is 128 Å². The van der Waals surface area contributed by atoms with Crippen molar-refractivity contribution in [3.63, 3.8) is 0 Å². The van der Waals surface area contributed by atoms with Crippen molar-refractivity contribution in [1.29, 1.82) is 0 Å². The molecule has 2 aliphatic heterocycles. The van der Waals surface area contributed by atoms with E-state index in [-0.39, 0.29) is 24.7 Å². The van der Waals surface area contributed by atoms with E-state index in [4.69, 9.17) is 21.4 Å². The van der Waals surface area contributed by atoms with Crippen LogP contribution in [0.25, 0.3) is 0 Å². The Balaban J connectivity index is 1.77. The summed E-state index contributed by atoms with van der Waals surface area (Å²) in [6.45, 7) is 1.09. The highest BCUT2D eigenvalue weighted by Gasteiger charge is 2.35. The van der Waals surface area contributed by atoms with Gasteiger partial charge in [-0.1, -0.05) is 23.4 Å². The molecule has 5 heteroatoms. The van der Waals surface area contributed by atoms with Crippen LogP contribution in [-0.2, 0) is 4.74 Å². The molecule has 1 N–H and O–H groups in total. The monoisotopic (exact) mass is 305 g/mol. The van der Waals surface area contributed by atoms with Crippen molar-refractivity contribution in [3.8, 4) is 11.8 Å². The zero-order valence-electron chi connectivity index (χ0n) is 11.5. The topological polar surface area (TPSA) is 49.8 Å². The van der Waals surface area contributed by atoms with Gasteiger partial charge in [-0.05, 0) is 31.0 Å². The second kappa shape index (κ2) is 6.07. The number of benzene rings is 1. The fourth-order valence-corrected chi connectivity index (χ4v) is 3.08. The van der Waals surface area contributed by atoms with E-state index in [2.05, 4.69) is 11.8 Å². The van der Waals surface area contributed by atoms with Gasteiger partial charge in [0.25, 0.3) is 5.91 Å². The lowest BCUT2D eigenvalue weighted by atomic mass is 10.1. The van der Waals surface area contributed by atoms with Crippen LogP contribution in [0.15, 0.2) is 18.2 Å². The summed E-state index contributed by atoms with van der Waals surface area (Å²) >= 11 is 6.14. The minimum Gasteiger partial charge on any atom is -0.384 e. The summed E-state index contributed by atoms with van der Waals surface area (Å²) in [7, 11) is 0. The van der Waals surface area contributed by atoms with E-state index in [1.165, 1.54) is 0 Å². The van der Waals surface area contributed by atoms with Gasteiger partial charge in [0, 0.05) is 24.2 Å². The molecule has 1 aromatic carbocycles. The number of ether oxygens (including phenoxy) is 1. The van der Waals surface area contributed by atoms with Gasteiger partial charge >= 0.3 is 0 Å².